The number of aromatic nitrogens is 1. The minimum atomic E-state index is -0.976. The second-order valence-corrected chi connectivity index (χ2v) is 5.67. The number of carboxylic acid groups (broad SMARTS) is 1. The summed E-state index contributed by atoms with van der Waals surface area (Å²) < 4.78 is 0. The summed E-state index contributed by atoms with van der Waals surface area (Å²) in [5, 5.41) is 12.9. The third-order valence-corrected chi connectivity index (χ3v) is 4.05. The van der Waals surface area contributed by atoms with E-state index < -0.39 is 12.0 Å². The summed E-state index contributed by atoms with van der Waals surface area (Å²) in [4.78, 5) is 26.3. The van der Waals surface area contributed by atoms with Gasteiger partial charge in [0.05, 0.1) is 0 Å². The SMILES string of the molecule is CCC(C)C(NC(=O)CCc1ccc2[nH]ccc2c1)C(=O)O. The molecule has 2 aromatic rings. The van der Waals surface area contributed by atoms with Crippen molar-refractivity contribution in [1.82, 2.24) is 10.3 Å². The first-order chi connectivity index (χ1) is 10.5. The Bertz CT molecular complexity index is 663. The molecule has 0 bridgehead atoms. The number of aliphatic carboxylic acids is 1. The number of hydrogen-bond acceptors (Lipinski definition) is 2. The van der Waals surface area contributed by atoms with E-state index in [1.807, 2.05) is 44.3 Å². The third kappa shape index (κ3) is 3.87. The molecule has 0 saturated heterocycles. The highest BCUT2D eigenvalue weighted by atomic mass is 16.4. The lowest BCUT2D eigenvalue weighted by molar-refractivity contribution is -0.143. The van der Waals surface area contributed by atoms with Crippen LogP contribution in [0.5, 0.6) is 0 Å². The van der Waals surface area contributed by atoms with Gasteiger partial charge in [0.2, 0.25) is 5.91 Å². The molecule has 1 aromatic carbocycles. The maximum atomic E-state index is 12.0. The average Bonchev–Trinajstić information content (AvgIpc) is 2.97. The summed E-state index contributed by atoms with van der Waals surface area (Å²) in [5.41, 5.74) is 2.13. The molecule has 3 N–H and O–H groups in total. The smallest absolute Gasteiger partial charge is 0.326 e. The number of amides is 1. The molecule has 0 radical (unpaired) electrons. The fourth-order valence-electron chi connectivity index (χ4n) is 2.44. The lowest BCUT2D eigenvalue weighted by Crippen LogP contribution is -2.45. The number of benzene rings is 1. The monoisotopic (exact) mass is 302 g/mol. The number of H-pyrrole nitrogens is 1. The molecule has 1 aromatic heterocycles. The molecule has 2 rings (SSSR count). The number of carboxylic acids is 1. The zero-order valence-corrected chi connectivity index (χ0v) is 12.9. The standard InChI is InChI=1S/C17H22N2O3/c1-3-11(2)16(17(21)22)19-15(20)7-5-12-4-6-14-13(10-12)8-9-18-14/h4,6,8-11,16,18H,3,5,7H2,1-2H3,(H,19,20)(H,21,22). The highest BCUT2D eigenvalue weighted by Crippen LogP contribution is 2.15. The van der Waals surface area contributed by atoms with E-state index in [1.54, 1.807) is 0 Å². The maximum absolute atomic E-state index is 12.0. The summed E-state index contributed by atoms with van der Waals surface area (Å²) in [5.74, 6) is -1.28. The van der Waals surface area contributed by atoms with Gasteiger partial charge in [-0.3, -0.25) is 4.79 Å². The summed E-state index contributed by atoms with van der Waals surface area (Å²) >= 11 is 0. The number of nitrogens with one attached hydrogen (secondary N) is 2. The fraction of sp³-hybridized carbons (Fsp3) is 0.412. The first-order valence-corrected chi connectivity index (χ1v) is 7.59. The van der Waals surface area contributed by atoms with Gasteiger partial charge in [-0.1, -0.05) is 26.3 Å². The molecule has 1 amide bonds. The van der Waals surface area contributed by atoms with Crippen LogP contribution in [0, 0.1) is 5.92 Å². The number of rotatable bonds is 7. The molecule has 0 spiro atoms. The van der Waals surface area contributed by atoms with Gasteiger partial charge in [0.1, 0.15) is 6.04 Å². The van der Waals surface area contributed by atoms with E-state index in [9.17, 15) is 14.7 Å². The largest absolute Gasteiger partial charge is 0.480 e. The molecule has 0 aliphatic carbocycles. The van der Waals surface area contributed by atoms with Crippen LogP contribution >= 0.6 is 0 Å². The zero-order valence-electron chi connectivity index (χ0n) is 12.9. The van der Waals surface area contributed by atoms with E-state index >= 15 is 0 Å². The molecule has 118 valence electrons. The van der Waals surface area contributed by atoms with Gasteiger partial charge in [-0.25, -0.2) is 4.79 Å². The van der Waals surface area contributed by atoms with Crippen LogP contribution in [0.25, 0.3) is 10.9 Å². The molecule has 22 heavy (non-hydrogen) atoms. The van der Waals surface area contributed by atoms with Gasteiger partial charge < -0.3 is 15.4 Å². The van der Waals surface area contributed by atoms with Crippen LogP contribution in [-0.2, 0) is 16.0 Å². The second kappa shape index (κ2) is 7.11. The molecular formula is C17H22N2O3. The molecule has 5 nitrogen and oxygen atoms in total. The molecule has 2 atom stereocenters. The van der Waals surface area contributed by atoms with Crippen molar-refractivity contribution in [2.75, 3.05) is 0 Å². The van der Waals surface area contributed by atoms with Crippen molar-refractivity contribution in [2.45, 2.75) is 39.2 Å². The Morgan fingerprint density at radius 1 is 1.32 bits per heavy atom. The summed E-state index contributed by atoms with van der Waals surface area (Å²) in [6.07, 6.45) is 3.47. The van der Waals surface area contributed by atoms with E-state index in [-0.39, 0.29) is 18.2 Å². The number of aromatic amines is 1. The van der Waals surface area contributed by atoms with Crippen molar-refractivity contribution < 1.29 is 14.7 Å². The summed E-state index contributed by atoms with van der Waals surface area (Å²) in [6, 6.07) is 7.19. The van der Waals surface area contributed by atoms with Crippen molar-refractivity contribution in [3.05, 3.63) is 36.0 Å². The molecule has 5 heteroatoms. The quantitative estimate of drug-likeness (QED) is 0.735. The molecule has 0 fully saturated rings. The number of hydrogen-bond donors (Lipinski definition) is 3. The number of aryl methyl sites for hydroxylation is 1. The van der Waals surface area contributed by atoms with Gasteiger partial charge in [0.15, 0.2) is 0 Å². The highest BCUT2D eigenvalue weighted by Gasteiger charge is 2.24. The van der Waals surface area contributed by atoms with Crippen molar-refractivity contribution in [2.24, 2.45) is 5.92 Å². The van der Waals surface area contributed by atoms with Crippen LogP contribution < -0.4 is 5.32 Å². The Balaban J connectivity index is 1.92. The molecular weight excluding hydrogens is 280 g/mol. The Kier molecular flexibility index (Phi) is 5.20. The van der Waals surface area contributed by atoms with Crippen molar-refractivity contribution in [3.63, 3.8) is 0 Å². The van der Waals surface area contributed by atoms with Gasteiger partial charge in [-0.15, -0.1) is 0 Å². The second-order valence-electron chi connectivity index (χ2n) is 5.67. The minimum absolute atomic E-state index is 0.0855. The van der Waals surface area contributed by atoms with Gasteiger partial charge in [-0.2, -0.15) is 0 Å². The normalized spacial score (nSPS) is 13.7. The Morgan fingerprint density at radius 2 is 2.09 bits per heavy atom. The van der Waals surface area contributed by atoms with Gasteiger partial charge in [0, 0.05) is 18.1 Å². The number of carbonyl (C=O) groups excluding carboxylic acids is 1. The van der Waals surface area contributed by atoms with Crippen molar-refractivity contribution >= 4 is 22.8 Å². The fourth-order valence-corrected chi connectivity index (χ4v) is 2.44. The van der Waals surface area contributed by atoms with E-state index in [0.29, 0.717) is 12.8 Å². The van der Waals surface area contributed by atoms with Crippen molar-refractivity contribution in [3.8, 4) is 0 Å². The Hall–Kier alpha value is -2.30. The highest BCUT2D eigenvalue weighted by molar-refractivity contribution is 5.84. The molecule has 0 aliphatic rings. The Morgan fingerprint density at radius 3 is 2.77 bits per heavy atom. The predicted octanol–water partition coefficient (Wildman–Crippen LogP) is 2.72. The van der Waals surface area contributed by atoms with Gasteiger partial charge in [0.25, 0.3) is 0 Å². The van der Waals surface area contributed by atoms with Crippen LogP contribution in [0.15, 0.2) is 30.5 Å². The predicted molar refractivity (Wildman–Crippen MR) is 85.6 cm³/mol. The molecule has 0 aliphatic heterocycles. The number of fused-ring (bicyclic) bond motifs is 1. The first-order valence-electron chi connectivity index (χ1n) is 7.59. The first kappa shape index (κ1) is 16.1. The molecule has 2 unspecified atom stereocenters. The number of carbonyl (C=O) groups is 2. The van der Waals surface area contributed by atoms with Crippen LogP contribution in [0.2, 0.25) is 0 Å². The van der Waals surface area contributed by atoms with Gasteiger partial charge in [-0.05, 0) is 41.5 Å². The van der Waals surface area contributed by atoms with E-state index in [0.717, 1.165) is 16.5 Å². The lowest BCUT2D eigenvalue weighted by atomic mass is 9.99. The van der Waals surface area contributed by atoms with Crippen molar-refractivity contribution in [1.29, 1.82) is 0 Å². The van der Waals surface area contributed by atoms with Crippen LogP contribution in [0.1, 0.15) is 32.3 Å². The zero-order chi connectivity index (χ0) is 16.1. The maximum Gasteiger partial charge on any atom is 0.326 e. The summed E-state index contributed by atoms with van der Waals surface area (Å²) in [6.45, 7) is 3.75. The van der Waals surface area contributed by atoms with Crippen LogP contribution in [0.3, 0.4) is 0 Å². The van der Waals surface area contributed by atoms with E-state index in [4.69, 9.17) is 0 Å². The Labute approximate surface area is 129 Å². The summed E-state index contributed by atoms with van der Waals surface area (Å²) in [7, 11) is 0. The third-order valence-electron chi connectivity index (χ3n) is 4.05. The topological polar surface area (TPSA) is 82.2 Å². The molecule has 0 saturated carbocycles. The molecule has 1 heterocycles. The van der Waals surface area contributed by atoms with Gasteiger partial charge >= 0.3 is 5.97 Å². The average molecular weight is 302 g/mol. The van der Waals surface area contributed by atoms with E-state index in [1.165, 1.54) is 0 Å². The lowest BCUT2D eigenvalue weighted by Gasteiger charge is -2.20. The minimum Gasteiger partial charge on any atom is -0.480 e. The van der Waals surface area contributed by atoms with Crippen LogP contribution in [-0.4, -0.2) is 28.0 Å². The van der Waals surface area contributed by atoms with E-state index in [2.05, 4.69) is 10.3 Å². The van der Waals surface area contributed by atoms with Crippen LogP contribution in [0.4, 0.5) is 0 Å².